The van der Waals surface area contributed by atoms with Gasteiger partial charge in [0.2, 0.25) is 0 Å². The number of aryl methyl sites for hydroxylation is 3. The Kier molecular flexibility index (Phi) is 2.99. The van der Waals surface area contributed by atoms with E-state index < -0.39 is 0 Å². The van der Waals surface area contributed by atoms with Gasteiger partial charge in [0.05, 0.1) is 7.11 Å². The standard InChI is InChI=1S/C15H17N3O/c1-12-16-6-8-17(12)9-10-18-7-5-13-11-14(19-2)3-4-15(13)18/h3-8,11H,9-10H2,1-2H3. The molecule has 2 aromatic heterocycles. The molecule has 0 aliphatic rings. The van der Waals surface area contributed by atoms with E-state index in [9.17, 15) is 0 Å². The van der Waals surface area contributed by atoms with Gasteiger partial charge in [0.15, 0.2) is 0 Å². The zero-order valence-electron chi connectivity index (χ0n) is 11.2. The minimum Gasteiger partial charge on any atom is -0.497 e. The lowest BCUT2D eigenvalue weighted by Crippen LogP contribution is -2.07. The molecule has 0 saturated heterocycles. The highest BCUT2D eigenvalue weighted by Gasteiger charge is 2.03. The fraction of sp³-hybridized carbons (Fsp3) is 0.267. The molecular formula is C15H17N3O. The minimum absolute atomic E-state index is 0.899. The maximum atomic E-state index is 5.24. The summed E-state index contributed by atoms with van der Waals surface area (Å²) in [7, 11) is 1.69. The fourth-order valence-corrected chi connectivity index (χ4v) is 2.36. The van der Waals surface area contributed by atoms with Crippen LogP contribution in [0, 0.1) is 6.92 Å². The van der Waals surface area contributed by atoms with E-state index in [4.69, 9.17) is 4.74 Å². The second-order valence-corrected chi connectivity index (χ2v) is 4.60. The number of imidazole rings is 1. The lowest BCUT2D eigenvalue weighted by atomic mass is 10.2. The molecule has 4 nitrogen and oxygen atoms in total. The van der Waals surface area contributed by atoms with E-state index in [1.54, 1.807) is 7.11 Å². The van der Waals surface area contributed by atoms with Crippen LogP contribution in [-0.4, -0.2) is 21.2 Å². The number of nitrogens with zero attached hydrogens (tertiary/aromatic N) is 3. The van der Waals surface area contributed by atoms with Crippen molar-refractivity contribution >= 4 is 10.9 Å². The highest BCUT2D eigenvalue weighted by Crippen LogP contribution is 2.21. The van der Waals surface area contributed by atoms with Crippen LogP contribution in [0.3, 0.4) is 0 Å². The molecule has 0 radical (unpaired) electrons. The highest BCUT2D eigenvalue weighted by atomic mass is 16.5. The van der Waals surface area contributed by atoms with Gasteiger partial charge in [-0.1, -0.05) is 0 Å². The van der Waals surface area contributed by atoms with Crippen molar-refractivity contribution in [3.05, 3.63) is 48.7 Å². The molecule has 0 aliphatic carbocycles. The first-order chi connectivity index (χ1) is 9.28. The van der Waals surface area contributed by atoms with Crippen LogP contribution in [0.5, 0.6) is 5.75 Å². The van der Waals surface area contributed by atoms with Crippen molar-refractivity contribution < 1.29 is 4.74 Å². The largest absolute Gasteiger partial charge is 0.497 e. The van der Waals surface area contributed by atoms with E-state index in [0.717, 1.165) is 24.7 Å². The van der Waals surface area contributed by atoms with Crippen LogP contribution in [0.1, 0.15) is 5.82 Å². The number of ether oxygens (including phenoxy) is 1. The number of methoxy groups -OCH3 is 1. The molecule has 0 amide bonds. The average Bonchev–Trinajstić information content (AvgIpc) is 3.02. The topological polar surface area (TPSA) is 32.0 Å². The summed E-state index contributed by atoms with van der Waals surface area (Å²) in [5.74, 6) is 1.95. The zero-order valence-corrected chi connectivity index (χ0v) is 11.2. The number of hydrogen-bond acceptors (Lipinski definition) is 2. The first-order valence-corrected chi connectivity index (χ1v) is 6.38. The van der Waals surface area contributed by atoms with Gasteiger partial charge in [-0.3, -0.25) is 0 Å². The van der Waals surface area contributed by atoms with Gasteiger partial charge >= 0.3 is 0 Å². The van der Waals surface area contributed by atoms with E-state index in [1.807, 2.05) is 25.4 Å². The van der Waals surface area contributed by atoms with Crippen molar-refractivity contribution in [1.82, 2.24) is 14.1 Å². The molecule has 19 heavy (non-hydrogen) atoms. The average molecular weight is 255 g/mol. The molecular weight excluding hydrogens is 238 g/mol. The van der Waals surface area contributed by atoms with Gasteiger partial charge in [0.25, 0.3) is 0 Å². The molecule has 4 heteroatoms. The molecule has 0 unspecified atom stereocenters. The molecule has 0 saturated carbocycles. The van der Waals surface area contributed by atoms with Gasteiger partial charge in [0.1, 0.15) is 11.6 Å². The molecule has 0 atom stereocenters. The summed E-state index contributed by atoms with van der Waals surface area (Å²) in [5, 5.41) is 1.21. The third kappa shape index (κ3) is 2.21. The monoisotopic (exact) mass is 255 g/mol. The van der Waals surface area contributed by atoms with E-state index >= 15 is 0 Å². The van der Waals surface area contributed by atoms with Crippen molar-refractivity contribution in [3.63, 3.8) is 0 Å². The second-order valence-electron chi connectivity index (χ2n) is 4.60. The summed E-state index contributed by atoms with van der Waals surface area (Å²) in [4.78, 5) is 4.24. The van der Waals surface area contributed by atoms with Gasteiger partial charge in [-0.25, -0.2) is 4.98 Å². The Morgan fingerprint density at radius 3 is 2.68 bits per heavy atom. The SMILES string of the molecule is COc1ccc2c(ccn2CCn2ccnc2C)c1. The molecule has 3 aromatic rings. The lowest BCUT2D eigenvalue weighted by Gasteiger charge is -2.08. The van der Waals surface area contributed by atoms with Gasteiger partial charge in [0, 0.05) is 42.6 Å². The summed E-state index contributed by atoms with van der Waals surface area (Å²) >= 11 is 0. The summed E-state index contributed by atoms with van der Waals surface area (Å²) in [6.45, 7) is 3.90. The maximum Gasteiger partial charge on any atom is 0.119 e. The summed E-state index contributed by atoms with van der Waals surface area (Å²) < 4.78 is 9.66. The molecule has 0 spiro atoms. The number of rotatable bonds is 4. The molecule has 98 valence electrons. The zero-order chi connectivity index (χ0) is 13.2. The predicted octanol–water partition coefficient (Wildman–Crippen LogP) is 2.86. The Labute approximate surface area is 112 Å². The van der Waals surface area contributed by atoms with Crippen LogP contribution in [0.2, 0.25) is 0 Å². The summed E-state index contributed by atoms with van der Waals surface area (Å²) in [5.41, 5.74) is 1.23. The summed E-state index contributed by atoms with van der Waals surface area (Å²) in [6.07, 6.45) is 5.98. The Morgan fingerprint density at radius 2 is 1.95 bits per heavy atom. The van der Waals surface area contributed by atoms with Crippen molar-refractivity contribution in [2.24, 2.45) is 0 Å². The Morgan fingerprint density at radius 1 is 1.11 bits per heavy atom. The van der Waals surface area contributed by atoms with Gasteiger partial charge < -0.3 is 13.9 Å². The van der Waals surface area contributed by atoms with Crippen LogP contribution in [0.25, 0.3) is 10.9 Å². The molecule has 3 rings (SSSR count). The van der Waals surface area contributed by atoms with Gasteiger partial charge in [-0.05, 0) is 31.2 Å². The first-order valence-electron chi connectivity index (χ1n) is 6.38. The van der Waals surface area contributed by atoms with Crippen LogP contribution < -0.4 is 4.74 Å². The van der Waals surface area contributed by atoms with E-state index in [0.29, 0.717) is 0 Å². The van der Waals surface area contributed by atoms with Crippen LogP contribution in [0.4, 0.5) is 0 Å². The fourth-order valence-electron chi connectivity index (χ4n) is 2.36. The van der Waals surface area contributed by atoms with Crippen molar-refractivity contribution in [1.29, 1.82) is 0 Å². The second kappa shape index (κ2) is 4.80. The molecule has 0 fully saturated rings. The van der Waals surface area contributed by atoms with Crippen molar-refractivity contribution in [2.75, 3.05) is 7.11 Å². The third-order valence-corrected chi connectivity index (χ3v) is 3.48. The van der Waals surface area contributed by atoms with E-state index in [-0.39, 0.29) is 0 Å². The van der Waals surface area contributed by atoms with E-state index in [2.05, 4.69) is 38.5 Å². The lowest BCUT2D eigenvalue weighted by molar-refractivity contribution is 0.415. The molecule has 2 heterocycles. The molecule has 0 N–H and O–H groups in total. The first kappa shape index (κ1) is 11.8. The van der Waals surface area contributed by atoms with Crippen molar-refractivity contribution in [3.8, 4) is 5.75 Å². The van der Waals surface area contributed by atoms with E-state index in [1.165, 1.54) is 10.9 Å². The number of fused-ring (bicyclic) bond motifs is 1. The highest BCUT2D eigenvalue weighted by molar-refractivity contribution is 5.81. The van der Waals surface area contributed by atoms with Crippen LogP contribution >= 0.6 is 0 Å². The number of benzene rings is 1. The van der Waals surface area contributed by atoms with Crippen LogP contribution in [0.15, 0.2) is 42.9 Å². The Balaban J connectivity index is 1.83. The predicted molar refractivity (Wildman–Crippen MR) is 75.5 cm³/mol. The maximum absolute atomic E-state index is 5.24. The van der Waals surface area contributed by atoms with Crippen LogP contribution in [-0.2, 0) is 13.1 Å². The summed E-state index contributed by atoms with van der Waals surface area (Å²) in [6, 6.07) is 8.29. The molecule has 0 bridgehead atoms. The Hall–Kier alpha value is -2.23. The van der Waals surface area contributed by atoms with Gasteiger partial charge in [-0.15, -0.1) is 0 Å². The number of hydrogen-bond donors (Lipinski definition) is 0. The third-order valence-electron chi connectivity index (χ3n) is 3.48. The smallest absolute Gasteiger partial charge is 0.119 e. The van der Waals surface area contributed by atoms with Gasteiger partial charge in [-0.2, -0.15) is 0 Å². The molecule has 1 aromatic carbocycles. The normalized spacial score (nSPS) is 11.1. The molecule has 0 aliphatic heterocycles. The minimum atomic E-state index is 0.899. The number of aromatic nitrogens is 3. The quantitative estimate of drug-likeness (QED) is 0.718. The Bertz CT molecular complexity index is 696. The van der Waals surface area contributed by atoms with Crippen molar-refractivity contribution in [2.45, 2.75) is 20.0 Å².